The first-order valence-corrected chi connectivity index (χ1v) is 9.45. The van der Waals surface area contributed by atoms with Gasteiger partial charge in [0.15, 0.2) is 0 Å². The largest absolute Gasteiger partial charge is 0.486 e. The zero-order valence-electron chi connectivity index (χ0n) is 14.7. The highest BCUT2D eigenvalue weighted by Crippen LogP contribution is 2.26. The summed E-state index contributed by atoms with van der Waals surface area (Å²) >= 11 is 0. The SMILES string of the molecule is C=C(C)C1CN(S(=O)(=O)c2ccc(C)cc2)C=C(CC(=O)OCC)O1. The van der Waals surface area contributed by atoms with E-state index in [9.17, 15) is 13.2 Å². The van der Waals surface area contributed by atoms with Crippen molar-refractivity contribution in [3.63, 3.8) is 0 Å². The summed E-state index contributed by atoms with van der Waals surface area (Å²) in [6.07, 6.45) is 0.706. The summed E-state index contributed by atoms with van der Waals surface area (Å²) in [5, 5.41) is 0. The minimum absolute atomic E-state index is 0.109. The highest BCUT2D eigenvalue weighted by Gasteiger charge is 2.31. The van der Waals surface area contributed by atoms with Gasteiger partial charge in [0.1, 0.15) is 18.3 Å². The van der Waals surface area contributed by atoms with E-state index in [-0.39, 0.29) is 30.2 Å². The normalized spacial score (nSPS) is 17.5. The third kappa shape index (κ3) is 4.63. The summed E-state index contributed by atoms with van der Waals surface area (Å²) < 4.78 is 37.6. The molecule has 1 heterocycles. The van der Waals surface area contributed by atoms with Crippen molar-refractivity contribution in [3.05, 3.63) is 53.9 Å². The number of rotatable bonds is 6. The molecule has 0 aromatic heterocycles. The summed E-state index contributed by atoms with van der Waals surface area (Å²) in [6, 6.07) is 6.61. The van der Waals surface area contributed by atoms with Crippen LogP contribution >= 0.6 is 0 Å². The van der Waals surface area contributed by atoms with Gasteiger partial charge in [-0.2, -0.15) is 0 Å². The van der Waals surface area contributed by atoms with E-state index in [1.165, 1.54) is 10.5 Å². The number of hydrogen-bond donors (Lipinski definition) is 0. The van der Waals surface area contributed by atoms with Gasteiger partial charge in [0.2, 0.25) is 0 Å². The molecule has 136 valence electrons. The van der Waals surface area contributed by atoms with Crippen LogP contribution in [0.3, 0.4) is 0 Å². The van der Waals surface area contributed by atoms with Gasteiger partial charge in [-0.1, -0.05) is 24.3 Å². The van der Waals surface area contributed by atoms with Crippen LogP contribution in [0.2, 0.25) is 0 Å². The Balaban J connectivity index is 2.34. The molecule has 7 heteroatoms. The minimum atomic E-state index is -3.74. The fraction of sp³-hybridized carbons (Fsp3) is 0.389. The third-order valence-electron chi connectivity index (χ3n) is 3.73. The minimum Gasteiger partial charge on any atom is -0.486 e. The van der Waals surface area contributed by atoms with Gasteiger partial charge >= 0.3 is 5.97 Å². The average Bonchev–Trinajstić information content (AvgIpc) is 2.55. The molecule has 1 aromatic carbocycles. The van der Waals surface area contributed by atoms with Crippen molar-refractivity contribution >= 4 is 16.0 Å². The molecule has 0 amide bonds. The fourth-order valence-electron chi connectivity index (χ4n) is 2.34. The molecule has 1 aromatic rings. The zero-order valence-corrected chi connectivity index (χ0v) is 15.5. The second-order valence-corrected chi connectivity index (χ2v) is 7.81. The number of benzene rings is 1. The van der Waals surface area contributed by atoms with Crippen LogP contribution in [-0.2, 0) is 24.3 Å². The molecule has 6 nitrogen and oxygen atoms in total. The van der Waals surface area contributed by atoms with Crippen molar-refractivity contribution in [2.75, 3.05) is 13.2 Å². The van der Waals surface area contributed by atoms with Gasteiger partial charge in [-0.05, 0) is 38.5 Å². The Morgan fingerprint density at radius 3 is 2.56 bits per heavy atom. The number of carbonyl (C=O) groups is 1. The van der Waals surface area contributed by atoms with E-state index in [2.05, 4.69) is 6.58 Å². The molecule has 1 unspecified atom stereocenters. The summed E-state index contributed by atoms with van der Waals surface area (Å²) in [6.45, 7) is 9.55. The van der Waals surface area contributed by atoms with Crippen LogP contribution in [0.5, 0.6) is 0 Å². The van der Waals surface area contributed by atoms with E-state index in [0.717, 1.165) is 5.56 Å². The first-order chi connectivity index (χ1) is 11.7. The Hall–Kier alpha value is -2.28. The molecular formula is C18H23NO5S. The van der Waals surface area contributed by atoms with E-state index in [1.54, 1.807) is 38.1 Å². The van der Waals surface area contributed by atoms with E-state index in [0.29, 0.717) is 5.57 Å². The van der Waals surface area contributed by atoms with Gasteiger partial charge in [0.05, 0.1) is 24.2 Å². The molecule has 25 heavy (non-hydrogen) atoms. The second kappa shape index (κ2) is 7.74. The summed E-state index contributed by atoms with van der Waals surface area (Å²) in [7, 11) is -3.74. The van der Waals surface area contributed by atoms with Gasteiger partial charge in [-0.25, -0.2) is 8.42 Å². The molecule has 0 aliphatic carbocycles. The third-order valence-corrected chi connectivity index (χ3v) is 5.47. The second-order valence-electron chi connectivity index (χ2n) is 5.92. The maximum atomic E-state index is 12.9. The maximum absolute atomic E-state index is 12.9. The van der Waals surface area contributed by atoms with Crippen LogP contribution in [0, 0.1) is 6.92 Å². The Morgan fingerprint density at radius 1 is 1.36 bits per heavy atom. The number of nitrogens with zero attached hydrogens (tertiary/aromatic N) is 1. The average molecular weight is 365 g/mol. The van der Waals surface area contributed by atoms with Gasteiger partial charge in [-0.3, -0.25) is 9.10 Å². The van der Waals surface area contributed by atoms with Crippen LogP contribution < -0.4 is 0 Å². The van der Waals surface area contributed by atoms with Crippen LogP contribution in [0.1, 0.15) is 25.8 Å². The van der Waals surface area contributed by atoms with E-state index < -0.39 is 22.1 Å². The van der Waals surface area contributed by atoms with Crippen LogP contribution in [0.25, 0.3) is 0 Å². The lowest BCUT2D eigenvalue weighted by atomic mass is 10.1. The van der Waals surface area contributed by atoms with Crippen LogP contribution in [0.15, 0.2) is 53.3 Å². The molecule has 0 fully saturated rings. The van der Waals surface area contributed by atoms with E-state index in [1.807, 2.05) is 6.92 Å². The molecule has 0 bridgehead atoms. The van der Waals surface area contributed by atoms with Crippen molar-refractivity contribution in [2.45, 2.75) is 38.2 Å². The summed E-state index contributed by atoms with van der Waals surface area (Å²) in [4.78, 5) is 11.9. The lowest BCUT2D eigenvalue weighted by Gasteiger charge is -2.32. The van der Waals surface area contributed by atoms with E-state index >= 15 is 0 Å². The van der Waals surface area contributed by atoms with Gasteiger partial charge in [-0.15, -0.1) is 0 Å². The molecule has 0 spiro atoms. The molecule has 1 atom stereocenters. The van der Waals surface area contributed by atoms with Crippen molar-refractivity contribution in [3.8, 4) is 0 Å². The Morgan fingerprint density at radius 2 is 2.00 bits per heavy atom. The number of esters is 1. The first-order valence-electron chi connectivity index (χ1n) is 8.01. The van der Waals surface area contributed by atoms with E-state index in [4.69, 9.17) is 9.47 Å². The summed E-state index contributed by atoms with van der Waals surface area (Å²) in [5.41, 5.74) is 1.65. The molecular weight excluding hydrogens is 342 g/mol. The monoisotopic (exact) mass is 365 g/mol. The molecule has 2 rings (SSSR count). The Bertz CT molecular complexity index is 780. The highest BCUT2D eigenvalue weighted by molar-refractivity contribution is 7.89. The lowest BCUT2D eigenvalue weighted by molar-refractivity contribution is -0.143. The number of hydrogen-bond acceptors (Lipinski definition) is 5. The number of carbonyl (C=O) groups excluding carboxylic acids is 1. The first kappa shape index (κ1) is 19.1. The quantitative estimate of drug-likeness (QED) is 0.572. The number of ether oxygens (including phenoxy) is 2. The predicted octanol–water partition coefficient (Wildman–Crippen LogP) is 2.76. The fourth-order valence-corrected chi connectivity index (χ4v) is 3.68. The van der Waals surface area contributed by atoms with Crippen LogP contribution in [-0.4, -0.2) is 37.9 Å². The van der Waals surface area contributed by atoms with Gasteiger partial charge < -0.3 is 9.47 Å². The molecule has 0 N–H and O–H groups in total. The molecule has 0 saturated heterocycles. The molecule has 0 saturated carbocycles. The Kier molecular flexibility index (Phi) is 5.89. The molecule has 1 aliphatic heterocycles. The van der Waals surface area contributed by atoms with Gasteiger partial charge in [0, 0.05) is 0 Å². The molecule has 0 radical (unpaired) electrons. The van der Waals surface area contributed by atoms with Crippen molar-refractivity contribution in [1.29, 1.82) is 0 Å². The highest BCUT2D eigenvalue weighted by atomic mass is 32.2. The van der Waals surface area contributed by atoms with Crippen molar-refractivity contribution < 1.29 is 22.7 Å². The summed E-state index contributed by atoms with van der Waals surface area (Å²) in [5.74, 6) is -0.225. The van der Waals surface area contributed by atoms with Crippen LogP contribution in [0.4, 0.5) is 0 Å². The Labute approximate surface area is 148 Å². The maximum Gasteiger partial charge on any atom is 0.313 e. The standard InChI is InChI=1S/C18H23NO5S/c1-5-23-18(20)10-15-11-19(12-17(24-15)13(2)3)25(21,22)16-8-6-14(4)7-9-16/h6-9,11,17H,2,5,10,12H2,1,3-4H3. The predicted molar refractivity (Wildman–Crippen MR) is 94.1 cm³/mol. The van der Waals surface area contributed by atoms with Gasteiger partial charge in [0.25, 0.3) is 10.0 Å². The number of aryl methyl sites for hydroxylation is 1. The topological polar surface area (TPSA) is 72.9 Å². The van der Waals surface area contributed by atoms with Crippen molar-refractivity contribution in [2.24, 2.45) is 0 Å². The number of sulfonamides is 1. The smallest absolute Gasteiger partial charge is 0.313 e. The zero-order chi connectivity index (χ0) is 18.6. The van der Waals surface area contributed by atoms with Crippen molar-refractivity contribution in [1.82, 2.24) is 4.31 Å². The molecule has 1 aliphatic rings. The lowest BCUT2D eigenvalue weighted by Crippen LogP contribution is -2.39.